The Morgan fingerprint density at radius 2 is 1.72 bits per heavy atom. The molecule has 18 heavy (non-hydrogen) atoms. The maximum Gasteiger partial charge on any atom is 0.148 e. The number of hydrogen-bond donors (Lipinski definition) is 1. The molecule has 1 aromatic carbocycles. The van der Waals surface area contributed by atoms with Crippen molar-refractivity contribution in [3.05, 3.63) is 42.0 Å². The average molecular weight is 241 g/mol. The molecule has 0 aliphatic heterocycles. The number of anilines is 1. The van der Waals surface area contributed by atoms with Crippen LogP contribution in [0.5, 0.6) is 0 Å². The Labute approximate surface area is 108 Å². The van der Waals surface area contributed by atoms with E-state index in [2.05, 4.69) is 60.6 Å². The predicted octanol–water partition coefficient (Wildman–Crippen LogP) is 3.53. The van der Waals surface area contributed by atoms with Gasteiger partial charge >= 0.3 is 0 Å². The lowest BCUT2D eigenvalue weighted by molar-refractivity contribution is 0.874. The Hall–Kier alpha value is -1.90. The van der Waals surface area contributed by atoms with Crippen molar-refractivity contribution in [2.75, 3.05) is 5.32 Å². The Morgan fingerprint density at radius 1 is 1.00 bits per heavy atom. The molecule has 0 aliphatic rings. The quantitative estimate of drug-likeness (QED) is 0.890. The Bertz CT molecular complexity index is 486. The molecule has 94 valence electrons. The van der Waals surface area contributed by atoms with Crippen molar-refractivity contribution in [1.29, 1.82) is 0 Å². The lowest BCUT2D eigenvalue weighted by Gasteiger charge is -2.08. The van der Waals surface area contributed by atoms with Gasteiger partial charge in [-0.2, -0.15) is 0 Å². The molecule has 1 aromatic heterocycles. The number of aryl methyl sites for hydroxylation is 1. The van der Waals surface area contributed by atoms with Crippen LogP contribution in [-0.4, -0.2) is 16.2 Å². The van der Waals surface area contributed by atoms with Crippen LogP contribution in [0.2, 0.25) is 0 Å². The van der Waals surface area contributed by atoms with Gasteiger partial charge in [0.2, 0.25) is 0 Å². The largest absolute Gasteiger partial charge is 0.366 e. The van der Waals surface area contributed by atoms with Crippen molar-refractivity contribution in [2.45, 2.75) is 33.2 Å². The molecular weight excluding hydrogens is 222 g/mol. The van der Waals surface area contributed by atoms with Gasteiger partial charge in [0.1, 0.15) is 5.82 Å². The van der Waals surface area contributed by atoms with E-state index in [4.69, 9.17) is 0 Å². The zero-order valence-electron chi connectivity index (χ0n) is 11.1. The molecule has 0 saturated heterocycles. The van der Waals surface area contributed by atoms with Gasteiger partial charge in [-0.1, -0.05) is 31.2 Å². The highest BCUT2D eigenvalue weighted by atomic mass is 15.2. The first kappa shape index (κ1) is 12.6. The summed E-state index contributed by atoms with van der Waals surface area (Å²) in [6.45, 7) is 6.32. The average Bonchev–Trinajstić information content (AvgIpc) is 2.39. The van der Waals surface area contributed by atoms with Gasteiger partial charge in [0.15, 0.2) is 0 Å². The summed E-state index contributed by atoms with van der Waals surface area (Å²) in [5.74, 6) is 0.818. The fraction of sp³-hybridized carbons (Fsp3) is 0.333. The molecule has 2 aromatic rings. The highest BCUT2D eigenvalue weighted by Gasteiger charge is 2.02. The monoisotopic (exact) mass is 241 g/mol. The van der Waals surface area contributed by atoms with Crippen LogP contribution in [0.4, 0.5) is 5.82 Å². The topological polar surface area (TPSA) is 37.8 Å². The molecule has 3 heteroatoms. The van der Waals surface area contributed by atoms with Crippen molar-refractivity contribution >= 4 is 5.82 Å². The molecule has 0 bridgehead atoms. The SMILES string of the molecule is CCc1ccc(-c2ccc(NC(C)C)nn2)cc1. The van der Waals surface area contributed by atoms with Crippen molar-refractivity contribution < 1.29 is 0 Å². The highest BCUT2D eigenvalue weighted by molar-refractivity contribution is 5.59. The van der Waals surface area contributed by atoms with Crippen LogP contribution in [0.1, 0.15) is 26.3 Å². The molecule has 1 N–H and O–H groups in total. The van der Waals surface area contributed by atoms with Crippen LogP contribution in [0, 0.1) is 0 Å². The van der Waals surface area contributed by atoms with Gasteiger partial charge in [-0.15, -0.1) is 10.2 Å². The molecule has 3 nitrogen and oxygen atoms in total. The minimum Gasteiger partial charge on any atom is -0.366 e. The van der Waals surface area contributed by atoms with E-state index in [9.17, 15) is 0 Å². The minimum atomic E-state index is 0.369. The van der Waals surface area contributed by atoms with Gasteiger partial charge in [0, 0.05) is 11.6 Å². The lowest BCUT2D eigenvalue weighted by Crippen LogP contribution is -2.11. The first-order valence-electron chi connectivity index (χ1n) is 6.38. The lowest BCUT2D eigenvalue weighted by atomic mass is 10.1. The number of nitrogens with one attached hydrogen (secondary N) is 1. The first-order chi connectivity index (χ1) is 8.69. The minimum absolute atomic E-state index is 0.369. The second-order valence-corrected chi connectivity index (χ2v) is 4.65. The van der Waals surface area contributed by atoms with Gasteiger partial charge < -0.3 is 5.32 Å². The molecule has 0 spiro atoms. The van der Waals surface area contributed by atoms with Crippen LogP contribution in [-0.2, 0) is 6.42 Å². The number of benzene rings is 1. The van der Waals surface area contributed by atoms with Crippen molar-refractivity contribution in [2.24, 2.45) is 0 Å². The second-order valence-electron chi connectivity index (χ2n) is 4.65. The van der Waals surface area contributed by atoms with E-state index in [0.717, 1.165) is 23.5 Å². The van der Waals surface area contributed by atoms with Crippen molar-refractivity contribution in [1.82, 2.24) is 10.2 Å². The Balaban J connectivity index is 2.17. The zero-order valence-corrected chi connectivity index (χ0v) is 11.1. The maximum atomic E-state index is 4.24. The number of nitrogens with zero attached hydrogens (tertiary/aromatic N) is 2. The molecule has 0 atom stereocenters. The molecule has 0 saturated carbocycles. The summed E-state index contributed by atoms with van der Waals surface area (Å²) in [5.41, 5.74) is 3.35. The summed E-state index contributed by atoms with van der Waals surface area (Å²) in [6.07, 6.45) is 1.06. The third-order valence-corrected chi connectivity index (χ3v) is 2.76. The van der Waals surface area contributed by atoms with E-state index in [1.807, 2.05) is 12.1 Å². The van der Waals surface area contributed by atoms with Crippen molar-refractivity contribution in [3.8, 4) is 11.3 Å². The van der Waals surface area contributed by atoms with Gasteiger partial charge in [-0.05, 0) is 38.0 Å². The maximum absolute atomic E-state index is 4.24. The third kappa shape index (κ3) is 3.06. The molecule has 0 amide bonds. The summed E-state index contributed by atoms with van der Waals surface area (Å²) < 4.78 is 0. The van der Waals surface area contributed by atoms with Crippen LogP contribution in [0.25, 0.3) is 11.3 Å². The fourth-order valence-electron chi connectivity index (χ4n) is 1.77. The number of rotatable bonds is 4. The smallest absolute Gasteiger partial charge is 0.148 e. The fourth-order valence-corrected chi connectivity index (χ4v) is 1.77. The second kappa shape index (κ2) is 5.63. The zero-order chi connectivity index (χ0) is 13.0. The van der Waals surface area contributed by atoms with Gasteiger partial charge in [0.25, 0.3) is 0 Å². The summed E-state index contributed by atoms with van der Waals surface area (Å²) in [7, 11) is 0. The predicted molar refractivity (Wildman–Crippen MR) is 75.6 cm³/mol. The summed E-state index contributed by atoms with van der Waals surface area (Å²) >= 11 is 0. The molecule has 0 radical (unpaired) electrons. The molecular formula is C15H19N3. The molecule has 0 unspecified atom stereocenters. The first-order valence-corrected chi connectivity index (χ1v) is 6.38. The van der Waals surface area contributed by atoms with E-state index in [0.29, 0.717) is 6.04 Å². The van der Waals surface area contributed by atoms with Gasteiger partial charge in [0.05, 0.1) is 5.69 Å². The Kier molecular flexibility index (Phi) is 3.92. The summed E-state index contributed by atoms with van der Waals surface area (Å²) in [5, 5.41) is 11.6. The van der Waals surface area contributed by atoms with E-state index < -0.39 is 0 Å². The van der Waals surface area contributed by atoms with Crippen LogP contribution >= 0.6 is 0 Å². The van der Waals surface area contributed by atoms with E-state index >= 15 is 0 Å². The summed E-state index contributed by atoms with van der Waals surface area (Å²) in [6, 6.07) is 12.8. The van der Waals surface area contributed by atoms with Crippen LogP contribution in [0.3, 0.4) is 0 Å². The standard InChI is InChI=1S/C15H19N3/c1-4-12-5-7-13(8-6-12)14-9-10-15(18-17-14)16-11(2)3/h5-11H,4H2,1-3H3,(H,16,18). The normalized spacial score (nSPS) is 10.7. The van der Waals surface area contributed by atoms with E-state index in [1.54, 1.807) is 0 Å². The molecule has 0 aliphatic carbocycles. The third-order valence-electron chi connectivity index (χ3n) is 2.76. The van der Waals surface area contributed by atoms with E-state index in [1.165, 1.54) is 5.56 Å². The molecule has 1 heterocycles. The number of aromatic nitrogens is 2. The van der Waals surface area contributed by atoms with Crippen LogP contribution in [0.15, 0.2) is 36.4 Å². The van der Waals surface area contributed by atoms with Gasteiger partial charge in [-0.25, -0.2) is 0 Å². The highest BCUT2D eigenvalue weighted by Crippen LogP contribution is 2.18. The van der Waals surface area contributed by atoms with Crippen LogP contribution < -0.4 is 5.32 Å². The van der Waals surface area contributed by atoms with Gasteiger partial charge in [-0.3, -0.25) is 0 Å². The summed E-state index contributed by atoms with van der Waals surface area (Å²) in [4.78, 5) is 0. The van der Waals surface area contributed by atoms with Crippen molar-refractivity contribution in [3.63, 3.8) is 0 Å². The van der Waals surface area contributed by atoms with E-state index in [-0.39, 0.29) is 0 Å². The molecule has 0 fully saturated rings. The Morgan fingerprint density at radius 3 is 2.22 bits per heavy atom. The number of hydrogen-bond acceptors (Lipinski definition) is 3. The molecule has 2 rings (SSSR count).